The molecule has 220 valence electrons. The Morgan fingerprint density at radius 3 is 1.98 bits per heavy atom. The van der Waals surface area contributed by atoms with Crippen LogP contribution >= 0.6 is 11.8 Å². The zero-order valence-corrected chi connectivity index (χ0v) is 25.2. The number of benzene rings is 2. The molecule has 2 aromatic rings. The minimum Gasteiger partial charge on any atom is -0.497 e. The number of methoxy groups -OCH3 is 2. The van der Waals surface area contributed by atoms with Gasteiger partial charge in [0.25, 0.3) is 0 Å². The second-order valence-electron chi connectivity index (χ2n) is 10.6. The Labute approximate surface area is 246 Å². The first-order chi connectivity index (χ1) is 19.6. The van der Waals surface area contributed by atoms with E-state index in [1.165, 1.54) is 16.7 Å². The topological polar surface area (TPSA) is 88.1 Å². The van der Waals surface area contributed by atoms with Gasteiger partial charge in [0.05, 0.1) is 27.4 Å². The third-order valence-corrected chi connectivity index (χ3v) is 7.69. The van der Waals surface area contributed by atoms with Crippen LogP contribution in [0.2, 0.25) is 0 Å². The molecule has 2 aromatic carbocycles. The van der Waals surface area contributed by atoms with Gasteiger partial charge in [0.15, 0.2) is 5.17 Å². The third kappa shape index (κ3) is 7.74. The Kier molecular flexibility index (Phi) is 10.2. The van der Waals surface area contributed by atoms with Gasteiger partial charge in [0.1, 0.15) is 46.9 Å². The average molecular weight is 583 g/mol. The Bertz CT molecular complexity index is 1240. The molecule has 2 heterocycles. The van der Waals surface area contributed by atoms with Crippen LogP contribution in [0.25, 0.3) is 0 Å². The third-order valence-electron chi connectivity index (χ3n) is 6.53. The number of fused-ring (bicyclic) bond motifs is 1. The van der Waals surface area contributed by atoms with Crippen molar-refractivity contribution in [2.24, 2.45) is 4.99 Å². The van der Waals surface area contributed by atoms with Gasteiger partial charge in [-0.3, -0.25) is 9.89 Å². The number of ether oxygens (including phenoxy) is 6. The van der Waals surface area contributed by atoms with Crippen LogP contribution in [-0.4, -0.2) is 72.3 Å². The highest BCUT2D eigenvalue weighted by molar-refractivity contribution is 8.14. The minimum atomic E-state index is -0.686. The Hall–Kier alpha value is -3.23. The van der Waals surface area contributed by atoms with Crippen molar-refractivity contribution in [1.82, 2.24) is 4.90 Å². The molecule has 2 aliphatic heterocycles. The Morgan fingerprint density at radius 2 is 1.51 bits per heavy atom. The number of hydrogen-bond acceptors (Lipinski definition) is 9. The molecule has 5 atom stereocenters. The summed E-state index contributed by atoms with van der Waals surface area (Å²) >= 11 is 1.34. The maximum atomic E-state index is 13.0. The van der Waals surface area contributed by atoms with Crippen LogP contribution in [0.15, 0.2) is 53.5 Å². The fraction of sp³-hybridized carbons (Fsp3) is 0.484. The first-order valence-electron chi connectivity index (χ1n) is 13.5. The van der Waals surface area contributed by atoms with Crippen LogP contribution in [0, 0.1) is 12.3 Å². The summed E-state index contributed by atoms with van der Waals surface area (Å²) < 4.78 is 35.4. The molecule has 0 saturated carbocycles. The summed E-state index contributed by atoms with van der Waals surface area (Å²) in [5.41, 5.74) is 0.809. The zero-order chi connectivity index (χ0) is 29.6. The smallest absolute Gasteiger partial charge is 0.416 e. The van der Waals surface area contributed by atoms with Crippen molar-refractivity contribution in [3.05, 3.63) is 59.7 Å². The lowest BCUT2D eigenvalue weighted by atomic mass is 9.97. The van der Waals surface area contributed by atoms with E-state index in [0.29, 0.717) is 24.9 Å². The summed E-state index contributed by atoms with van der Waals surface area (Å²) in [6, 6.07) is 14.8. The summed E-state index contributed by atoms with van der Waals surface area (Å²) in [5.74, 6) is 4.26. The molecule has 10 heteroatoms. The molecule has 0 aromatic heterocycles. The molecule has 2 aliphatic rings. The summed E-state index contributed by atoms with van der Waals surface area (Å²) in [6.07, 6.45) is 3.64. The van der Waals surface area contributed by atoms with Crippen molar-refractivity contribution in [2.45, 2.75) is 76.3 Å². The van der Waals surface area contributed by atoms with Gasteiger partial charge in [-0.05, 0) is 63.1 Å². The SMILES string of the molecule is C#C[C@H]1O[C@@H]2SC(N(CC)C(=O)OC(C)(C)C)=N[C@@H]2[C@@H](OCc2ccc(OC)cc2)[C@@H]1OCc1ccc(OC)cc1. The minimum absolute atomic E-state index is 0.290. The van der Waals surface area contributed by atoms with Gasteiger partial charge in [-0.2, -0.15) is 0 Å². The number of nitrogens with zero attached hydrogens (tertiary/aromatic N) is 2. The van der Waals surface area contributed by atoms with Crippen LogP contribution < -0.4 is 9.47 Å². The van der Waals surface area contributed by atoms with Crippen LogP contribution in [0.3, 0.4) is 0 Å². The first kappa shape index (κ1) is 30.7. The van der Waals surface area contributed by atoms with Gasteiger partial charge in [-0.15, -0.1) is 6.42 Å². The molecule has 1 fully saturated rings. The lowest BCUT2D eigenvalue weighted by molar-refractivity contribution is -0.182. The van der Waals surface area contributed by atoms with E-state index in [4.69, 9.17) is 39.8 Å². The number of terminal acetylenes is 1. The highest BCUT2D eigenvalue weighted by Gasteiger charge is 2.51. The van der Waals surface area contributed by atoms with Gasteiger partial charge >= 0.3 is 6.09 Å². The quantitative estimate of drug-likeness (QED) is 0.370. The number of carbonyl (C=O) groups is 1. The molecule has 1 amide bonds. The van der Waals surface area contributed by atoms with E-state index in [1.54, 1.807) is 14.2 Å². The highest BCUT2D eigenvalue weighted by atomic mass is 32.2. The van der Waals surface area contributed by atoms with E-state index in [9.17, 15) is 4.79 Å². The number of amidine groups is 1. The van der Waals surface area contributed by atoms with Gasteiger partial charge in [-0.25, -0.2) is 4.79 Å². The van der Waals surface area contributed by atoms with Crippen molar-refractivity contribution in [1.29, 1.82) is 0 Å². The molecular formula is C31H38N2O7S. The number of thioether (sulfide) groups is 1. The maximum absolute atomic E-state index is 13.0. The monoisotopic (exact) mass is 582 g/mol. The number of carbonyl (C=O) groups excluding carboxylic acids is 1. The van der Waals surface area contributed by atoms with E-state index in [-0.39, 0.29) is 0 Å². The van der Waals surface area contributed by atoms with Gasteiger partial charge in [-0.1, -0.05) is 41.9 Å². The van der Waals surface area contributed by atoms with E-state index >= 15 is 0 Å². The molecule has 4 rings (SSSR count). The fourth-order valence-corrected chi connectivity index (χ4v) is 5.70. The predicted molar refractivity (Wildman–Crippen MR) is 158 cm³/mol. The molecule has 1 saturated heterocycles. The average Bonchev–Trinajstić information content (AvgIpc) is 3.37. The molecule has 0 aliphatic carbocycles. The molecule has 0 unspecified atom stereocenters. The predicted octanol–water partition coefficient (Wildman–Crippen LogP) is 5.26. The highest BCUT2D eigenvalue weighted by Crippen LogP contribution is 2.40. The maximum Gasteiger partial charge on any atom is 0.416 e. The summed E-state index contributed by atoms with van der Waals surface area (Å²) in [5, 5.41) is 0.501. The van der Waals surface area contributed by atoms with Crippen molar-refractivity contribution >= 4 is 23.0 Å². The van der Waals surface area contributed by atoms with Crippen molar-refractivity contribution < 1.29 is 33.2 Å². The number of rotatable bonds is 9. The molecule has 0 radical (unpaired) electrons. The zero-order valence-electron chi connectivity index (χ0n) is 24.4. The molecule has 0 spiro atoms. The molecule has 0 bridgehead atoms. The fourth-order valence-electron chi connectivity index (χ4n) is 4.45. The molecule has 41 heavy (non-hydrogen) atoms. The first-order valence-corrected chi connectivity index (χ1v) is 14.4. The van der Waals surface area contributed by atoms with Gasteiger partial charge < -0.3 is 28.4 Å². The lowest BCUT2D eigenvalue weighted by Crippen LogP contribution is -2.56. The van der Waals surface area contributed by atoms with E-state index in [2.05, 4.69) is 5.92 Å². The second kappa shape index (κ2) is 13.6. The summed E-state index contributed by atoms with van der Waals surface area (Å²) in [7, 11) is 3.25. The number of amides is 1. The number of aliphatic imine (C=N–C) groups is 1. The van der Waals surface area contributed by atoms with Crippen LogP contribution in [0.5, 0.6) is 11.5 Å². The molecule has 9 nitrogen and oxygen atoms in total. The van der Waals surface area contributed by atoms with E-state index in [1.807, 2.05) is 76.2 Å². The van der Waals surface area contributed by atoms with Crippen LogP contribution in [0.4, 0.5) is 4.79 Å². The van der Waals surface area contributed by atoms with Crippen molar-refractivity contribution in [2.75, 3.05) is 20.8 Å². The van der Waals surface area contributed by atoms with Gasteiger partial charge in [0, 0.05) is 6.54 Å². The summed E-state index contributed by atoms with van der Waals surface area (Å²) in [4.78, 5) is 19.4. The van der Waals surface area contributed by atoms with Crippen molar-refractivity contribution in [3.63, 3.8) is 0 Å². The second-order valence-corrected chi connectivity index (χ2v) is 11.6. The standard InChI is InChI=1S/C31H38N2O7S/c1-8-24-26(37-18-20-10-14-22(35-6)15-11-20)27(38-19-21-12-16-23(36-7)17-13-21)25-28(39-24)41-29(32-25)33(9-2)30(34)40-31(3,4)5/h1,10-17,24-28H,9,18-19H2,2-7H3/t24-,25-,26-,27-,28-/m1/s1. The van der Waals surface area contributed by atoms with Crippen LogP contribution in [0.1, 0.15) is 38.8 Å². The largest absolute Gasteiger partial charge is 0.497 e. The Morgan fingerprint density at radius 1 is 0.976 bits per heavy atom. The normalized spacial score (nSPS) is 23.6. The Balaban J connectivity index is 1.59. The molecular weight excluding hydrogens is 544 g/mol. The van der Waals surface area contributed by atoms with E-state index < -0.39 is 41.5 Å². The summed E-state index contributed by atoms with van der Waals surface area (Å²) in [6.45, 7) is 8.34. The number of hydrogen-bond donors (Lipinski definition) is 0. The van der Waals surface area contributed by atoms with Crippen LogP contribution in [-0.2, 0) is 32.2 Å². The lowest BCUT2D eigenvalue weighted by Gasteiger charge is -2.41. The van der Waals surface area contributed by atoms with E-state index in [0.717, 1.165) is 22.6 Å². The van der Waals surface area contributed by atoms with Crippen molar-refractivity contribution in [3.8, 4) is 23.8 Å². The van der Waals surface area contributed by atoms with Gasteiger partial charge in [0.2, 0.25) is 0 Å². The molecule has 0 N–H and O–H groups in total.